The first-order valence-electron chi connectivity index (χ1n) is 7.14. The quantitative estimate of drug-likeness (QED) is 0.812. The van der Waals surface area contributed by atoms with Crippen molar-refractivity contribution >= 4 is 5.82 Å². The zero-order valence-corrected chi connectivity index (χ0v) is 12.5. The van der Waals surface area contributed by atoms with Gasteiger partial charge in [-0.1, -0.05) is 13.0 Å². The number of anilines is 1. The number of pyridine rings is 2. The van der Waals surface area contributed by atoms with Gasteiger partial charge in [-0.25, -0.2) is 9.97 Å². The first kappa shape index (κ1) is 15.3. The summed E-state index contributed by atoms with van der Waals surface area (Å²) in [6.45, 7) is 3.04. The highest BCUT2D eigenvalue weighted by Crippen LogP contribution is 2.12. The Morgan fingerprint density at radius 1 is 1.19 bits per heavy atom. The van der Waals surface area contributed by atoms with E-state index in [-0.39, 0.29) is 0 Å². The van der Waals surface area contributed by atoms with Crippen LogP contribution in [0.4, 0.5) is 5.82 Å². The van der Waals surface area contributed by atoms with Crippen molar-refractivity contribution in [2.24, 2.45) is 0 Å². The predicted molar refractivity (Wildman–Crippen MR) is 84.3 cm³/mol. The molecule has 3 N–H and O–H groups in total. The number of hydrogen-bond acceptors (Lipinski definition) is 5. The number of ether oxygens (including phenoxy) is 1. The standard InChI is InChI=1S/C16H22N4O/c1-3-18-14(8-12-6-7-19-15(17)10-12)9-13-4-5-16(21-2)20-11-13/h4-7,10-11,14,18H,3,8-9H2,1-2H3,(H2,17,19). The van der Waals surface area contributed by atoms with Crippen molar-refractivity contribution in [1.82, 2.24) is 15.3 Å². The van der Waals surface area contributed by atoms with Crippen LogP contribution in [0.5, 0.6) is 5.88 Å². The van der Waals surface area contributed by atoms with E-state index in [0.717, 1.165) is 19.4 Å². The smallest absolute Gasteiger partial charge is 0.212 e. The molecule has 5 heteroatoms. The van der Waals surface area contributed by atoms with E-state index < -0.39 is 0 Å². The van der Waals surface area contributed by atoms with E-state index in [0.29, 0.717) is 17.7 Å². The molecule has 2 heterocycles. The number of nitrogens with zero attached hydrogens (tertiary/aromatic N) is 2. The number of nitrogens with one attached hydrogen (secondary N) is 1. The van der Waals surface area contributed by atoms with Gasteiger partial charge in [-0.3, -0.25) is 0 Å². The average molecular weight is 286 g/mol. The minimum absolute atomic E-state index is 0.340. The van der Waals surface area contributed by atoms with Crippen LogP contribution in [0.1, 0.15) is 18.1 Å². The SMILES string of the molecule is CCNC(Cc1ccc(OC)nc1)Cc1ccnc(N)c1. The average Bonchev–Trinajstić information content (AvgIpc) is 2.48. The Morgan fingerprint density at radius 2 is 2.00 bits per heavy atom. The lowest BCUT2D eigenvalue weighted by atomic mass is 10.0. The Balaban J connectivity index is 2.04. The summed E-state index contributed by atoms with van der Waals surface area (Å²) in [5.74, 6) is 1.20. The van der Waals surface area contributed by atoms with Gasteiger partial charge >= 0.3 is 0 Å². The summed E-state index contributed by atoms with van der Waals surface area (Å²) < 4.78 is 5.08. The molecule has 0 aromatic carbocycles. The lowest BCUT2D eigenvalue weighted by Gasteiger charge is -2.18. The number of aromatic nitrogens is 2. The fourth-order valence-electron chi connectivity index (χ4n) is 2.35. The zero-order valence-electron chi connectivity index (χ0n) is 12.5. The number of hydrogen-bond donors (Lipinski definition) is 2. The topological polar surface area (TPSA) is 73.1 Å². The van der Waals surface area contributed by atoms with Crippen molar-refractivity contribution in [1.29, 1.82) is 0 Å². The lowest BCUT2D eigenvalue weighted by molar-refractivity contribution is 0.397. The molecule has 0 bridgehead atoms. The van der Waals surface area contributed by atoms with Crippen molar-refractivity contribution in [3.05, 3.63) is 47.8 Å². The molecule has 2 aromatic rings. The van der Waals surface area contributed by atoms with Gasteiger partial charge in [0.15, 0.2) is 0 Å². The fraction of sp³-hybridized carbons (Fsp3) is 0.375. The number of nitrogen functional groups attached to an aromatic ring is 1. The van der Waals surface area contributed by atoms with Gasteiger partial charge in [-0.05, 0) is 42.6 Å². The molecule has 0 saturated heterocycles. The van der Waals surface area contributed by atoms with Gasteiger partial charge in [-0.15, -0.1) is 0 Å². The van der Waals surface area contributed by atoms with Crippen LogP contribution in [0.25, 0.3) is 0 Å². The highest BCUT2D eigenvalue weighted by molar-refractivity contribution is 5.32. The molecule has 112 valence electrons. The molecule has 0 aliphatic heterocycles. The molecule has 0 radical (unpaired) electrons. The Hall–Kier alpha value is -2.14. The molecule has 2 aromatic heterocycles. The van der Waals surface area contributed by atoms with Crippen LogP contribution in [0.15, 0.2) is 36.7 Å². The molecule has 1 unspecified atom stereocenters. The minimum Gasteiger partial charge on any atom is -0.481 e. The van der Waals surface area contributed by atoms with Crippen molar-refractivity contribution in [2.75, 3.05) is 19.4 Å². The summed E-state index contributed by atoms with van der Waals surface area (Å²) in [6.07, 6.45) is 5.44. The highest BCUT2D eigenvalue weighted by atomic mass is 16.5. The Morgan fingerprint density at radius 3 is 2.62 bits per heavy atom. The highest BCUT2D eigenvalue weighted by Gasteiger charge is 2.10. The second kappa shape index (κ2) is 7.59. The monoisotopic (exact) mass is 286 g/mol. The number of nitrogens with two attached hydrogens (primary N) is 1. The third-order valence-corrected chi connectivity index (χ3v) is 3.31. The minimum atomic E-state index is 0.340. The van der Waals surface area contributed by atoms with E-state index in [1.165, 1.54) is 11.1 Å². The van der Waals surface area contributed by atoms with Gasteiger partial charge < -0.3 is 15.8 Å². The molecule has 5 nitrogen and oxygen atoms in total. The van der Waals surface area contributed by atoms with E-state index in [1.807, 2.05) is 24.4 Å². The third kappa shape index (κ3) is 4.72. The summed E-state index contributed by atoms with van der Waals surface area (Å²) in [7, 11) is 1.62. The van der Waals surface area contributed by atoms with Crippen LogP contribution in [0.2, 0.25) is 0 Å². The van der Waals surface area contributed by atoms with Crippen LogP contribution in [-0.2, 0) is 12.8 Å². The number of rotatable bonds is 7. The molecule has 2 rings (SSSR count). The molecule has 1 atom stereocenters. The van der Waals surface area contributed by atoms with E-state index >= 15 is 0 Å². The summed E-state index contributed by atoms with van der Waals surface area (Å²) in [5.41, 5.74) is 8.11. The molecule has 0 aliphatic rings. The normalized spacial score (nSPS) is 12.1. The van der Waals surface area contributed by atoms with Gasteiger partial charge in [0.05, 0.1) is 7.11 Å². The lowest BCUT2D eigenvalue weighted by Crippen LogP contribution is -2.33. The van der Waals surface area contributed by atoms with Crippen LogP contribution in [0.3, 0.4) is 0 Å². The van der Waals surface area contributed by atoms with Gasteiger partial charge in [0.1, 0.15) is 5.82 Å². The summed E-state index contributed by atoms with van der Waals surface area (Å²) >= 11 is 0. The van der Waals surface area contributed by atoms with Crippen LogP contribution in [0, 0.1) is 0 Å². The maximum absolute atomic E-state index is 5.74. The summed E-state index contributed by atoms with van der Waals surface area (Å²) in [5, 5.41) is 3.51. The zero-order chi connectivity index (χ0) is 15.1. The maximum atomic E-state index is 5.74. The first-order valence-corrected chi connectivity index (χ1v) is 7.14. The van der Waals surface area contributed by atoms with E-state index in [1.54, 1.807) is 13.3 Å². The second-order valence-electron chi connectivity index (χ2n) is 4.96. The molecular weight excluding hydrogens is 264 g/mol. The number of methoxy groups -OCH3 is 1. The van der Waals surface area contributed by atoms with Crippen molar-refractivity contribution in [3.8, 4) is 5.88 Å². The van der Waals surface area contributed by atoms with Crippen molar-refractivity contribution < 1.29 is 4.74 Å². The van der Waals surface area contributed by atoms with Crippen LogP contribution >= 0.6 is 0 Å². The Kier molecular flexibility index (Phi) is 5.51. The molecule has 0 spiro atoms. The van der Waals surface area contributed by atoms with Gasteiger partial charge in [-0.2, -0.15) is 0 Å². The largest absolute Gasteiger partial charge is 0.481 e. The maximum Gasteiger partial charge on any atom is 0.212 e. The Bertz CT molecular complexity index is 556. The van der Waals surface area contributed by atoms with Crippen LogP contribution in [-0.4, -0.2) is 29.7 Å². The first-order chi connectivity index (χ1) is 10.2. The van der Waals surface area contributed by atoms with Crippen molar-refractivity contribution in [2.45, 2.75) is 25.8 Å². The predicted octanol–water partition coefficient (Wildman–Crippen LogP) is 1.83. The number of likely N-dealkylation sites (N-methyl/N-ethyl adjacent to an activating group) is 1. The summed E-state index contributed by atoms with van der Waals surface area (Å²) in [4.78, 5) is 8.28. The van der Waals surface area contributed by atoms with E-state index in [9.17, 15) is 0 Å². The third-order valence-electron chi connectivity index (χ3n) is 3.31. The molecule has 0 fully saturated rings. The molecule has 0 aliphatic carbocycles. The van der Waals surface area contributed by atoms with E-state index in [2.05, 4.69) is 28.3 Å². The molecule has 21 heavy (non-hydrogen) atoms. The molecular formula is C16H22N4O. The van der Waals surface area contributed by atoms with Gasteiger partial charge in [0.25, 0.3) is 0 Å². The molecule has 0 saturated carbocycles. The second-order valence-corrected chi connectivity index (χ2v) is 4.96. The van der Waals surface area contributed by atoms with Gasteiger partial charge in [0, 0.05) is 24.5 Å². The van der Waals surface area contributed by atoms with Gasteiger partial charge in [0.2, 0.25) is 5.88 Å². The summed E-state index contributed by atoms with van der Waals surface area (Å²) in [6, 6.07) is 8.22. The fourth-order valence-corrected chi connectivity index (χ4v) is 2.35. The molecule has 0 amide bonds. The van der Waals surface area contributed by atoms with Crippen molar-refractivity contribution in [3.63, 3.8) is 0 Å². The Labute approximate surface area is 125 Å². The van der Waals surface area contributed by atoms with Crippen LogP contribution < -0.4 is 15.8 Å². The van der Waals surface area contributed by atoms with E-state index in [4.69, 9.17) is 10.5 Å².